The Labute approximate surface area is 96.8 Å². The van der Waals surface area contributed by atoms with Crippen molar-refractivity contribution in [1.82, 2.24) is 9.97 Å². The number of aryl methyl sites for hydroxylation is 1. The number of aromatic nitrogens is 2. The molecular formula is C12H10N2O3. The monoisotopic (exact) mass is 230 g/mol. The van der Waals surface area contributed by atoms with Gasteiger partial charge in [0.25, 0.3) is 5.56 Å². The zero-order chi connectivity index (χ0) is 12.4. The van der Waals surface area contributed by atoms with E-state index in [-0.39, 0.29) is 5.56 Å². The van der Waals surface area contributed by atoms with Crippen LogP contribution >= 0.6 is 0 Å². The molecule has 2 aromatic rings. The molecule has 0 amide bonds. The molecule has 0 aliphatic carbocycles. The van der Waals surface area contributed by atoms with Gasteiger partial charge in [0.2, 0.25) is 0 Å². The SMILES string of the molecule is Cc1cc(-c2cccnc2)c(C(=O)O)c(=O)[nH]1. The minimum Gasteiger partial charge on any atom is -0.477 e. The van der Waals surface area contributed by atoms with Gasteiger partial charge in [-0.05, 0) is 19.1 Å². The predicted octanol–water partition coefficient (Wildman–Crippen LogP) is 1.44. The van der Waals surface area contributed by atoms with Crippen LogP contribution in [0.4, 0.5) is 0 Å². The van der Waals surface area contributed by atoms with E-state index in [1.165, 1.54) is 6.20 Å². The summed E-state index contributed by atoms with van der Waals surface area (Å²) in [5, 5.41) is 9.06. The van der Waals surface area contributed by atoms with Gasteiger partial charge < -0.3 is 10.1 Å². The lowest BCUT2D eigenvalue weighted by Crippen LogP contribution is -2.19. The van der Waals surface area contributed by atoms with E-state index in [1.807, 2.05) is 0 Å². The summed E-state index contributed by atoms with van der Waals surface area (Å²) in [7, 11) is 0. The summed E-state index contributed by atoms with van der Waals surface area (Å²) in [5.41, 5.74) is 0.741. The molecule has 5 heteroatoms. The molecule has 0 atom stereocenters. The van der Waals surface area contributed by atoms with E-state index < -0.39 is 11.5 Å². The second-order valence-corrected chi connectivity index (χ2v) is 3.62. The standard InChI is InChI=1S/C12H10N2O3/c1-7-5-9(8-3-2-4-13-6-8)10(12(16)17)11(15)14-7/h2-6H,1H3,(H,14,15)(H,16,17). The predicted molar refractivity (Wildman–Crippen MR) is 62.0 cm³/mol. The van der Waals surface area contributed by atoms with Crippen LogP contribution in [0.25, 0.3) is 11.1 Å². The number of nitrogens with zero attached hydrogens (tertiary/aromatic N) is 1. The van der Waals surface area contributed by atoms with Crippen molar-refractivity contribution in [3.05, 3.63) is 52.2 Å². The van der Waals surface area contributed by atoms with E-state index in [9.17, 15) is 9.59 Å². The van der Waals surface area contributed by atoms with Crippen LogP contribution in [0.1, 0.15) is 16.1 Å². The molecule has 86 valence electrons. The molecule has 2 N–H and O–H groups in total. The maximum absolute atomic E-state index is 11.6. The van der Waals surface area contributed by atoms with Crippen LogP contribution in [0.5, 0.6) is 0 Å². The number of pyridine rings is 2. The molecule has 0 aliphatic heterocycles. The molecule has 0 bridgehead atoms. The fourth-order valence-corrected chi connectivity index (χ4v) is 1.65. The maximum atomic E-state index is 11.6. The zero-order valence-electron chi connectivity index (χ0n) is 9.10. The molecule has 2 heterocycles. The first kappa shape index (κ1) is 11.1. The number of nitrogens with one attached hydrogen (secondary N) is 1. The summed E-state index contributed by atoms with van der Waals surface area (Å²) in [4.78, 5) is 29.1. The van der Waals surface area contributed by atoms with Crippen molar-refractivity contribution in [2.75, 3.05) is 0 Å². The van der Waals surface area contributed by atoms with Crippen LogP contribution in [0.2, 0.25) is 0 Å². The number of aromatic carboxylic acids is 1. The Bertz CT molecular complexity index is 617. The van der Waals surface area contributed by atoms with Crippen LogP contribution in [0.15, 0.2) is 35.4 Å². The van der Waals surface area contributed by atoms with Gasteiger partial charge in [0.15, 0.2) is 0 Å². The minimum absolute atomic E-state index is 0.261. The Balaban J connectivity index is 2.77. The van der Waals surface area contributed by atoms with Crippen LogP contribution in [-0.2, 0) is 0 Å². The lowest BCUT2D eigenvalue weighted by atomic mass is 10.0. The number of carboxylic acids is 1. The highest BCUT2D eigenvalue weighted by Gasteiger charge is 2.16. The number of H-pyrrole nitrogens is 1. The van der Waals surface area contributed by atoms with E-state index in [0.29, 0.717) is 16.8 Å². The first-order valence-electron chi connectivity index (χ1n) is 4.97. The fraction of sp³-hybridized carbons (Fsp3) is 0.0833. The van der Waals surface area contributed by atoms with Gasteiger partial charge in [-0.25, -0.2) is 4.79 Å². The molecule has 0 radical (unpaired) electrons. The summed E-state index contributed by atoms with van der Waals surface area (Å²) >= 11 is 0. The second kappa shape index (κ2) is 4.21. The molecule has 2 rings (SSSR count). The first-order chi connectivity index (χ1) is 8.09. The van der Waals surface area contributed by atoms with E-state index in [0.717, 1.165) is 0 Å². The number of carbonyl (C=O) groups is 1. The van der Waals surface area contributed by atoms with Crippen LogP contribution in [0, 0.1) is 6.92 Å². The number of hydrogen-bond acceptors (Lipinski definition) is 3. The lowest BCUT2D eigenvalue weighted by molar-refractivity contribution is 0.0696. The van der Waals surface area contributed by atoms with Gasteiger partial charge in [0, 0.05) is 29.2 Å². The Hall–Kier alpha value is -2.43. The minimum atomic E-state index is -1.25. The van der Waals surface area contributed by atoms with Crippen molar-refractivity contribution in [2.45, 2.75) is 6.92 Å². The average molecular weight is 230 g/mol. The summed E-state index contributed by atoms with van der Waals surface area (Å²) < 4.78 is 0. The lowest BCUT2D eigenvalue weighted by Gasteiger charge is -2.06. The Morgan fingerprint density at radius 2 is 2.24 bits per heavy atom. The highest BCUT2D eigenvalue weighted by Crippen LogP contribution is 2.20. The highest BCUT2D eigenvalue weighted by molar-refractivity contribution is 5.95. The average Bonchev–Trinajstić information content (AvgIpc) is 2.28. The zero-order valence-corrected chi connectivity index (χ0v) is 9.10. The van der Waals surface area contributed by atoms with Crippen LogP contribution in [0.3, 0.4) is 0 Å². The first-order valence-corrected chi connectivity index (χ1v) is 4.97. The third kappa shape index (κ3) is 2.08. The Kier molecular flexibility index (Phi) is 2.74. The quantitative estimate of drug-likeness (QED) is 0.817. The molecule has 0 unspecified atom stereocenters. The summed E-state index contributed by atoms with van der Waals surface area (Å²) in [5.74, 6) is -1.25. The largest absolute Gasteiger partial charge is 0.477 e. The van der Waals surface area contributed by atoms with E-state index in [4.69, 9.17) is 5.11 Å². The van der Waals surface area contributed by atoms with Gasteiger partial charge in [-0.1, -0.05) is 6.07 Å². The van der Waals surface area contributed by atoms with Crippen LogP contribution in [-0.4, -0.2) is 21.0 Å². The molecule has 0 spiro atoms. The third-order valence-electron chi connectivity index (χ3n) is 2.35. The topological polar surface area (TPSA) is 83.0 Å². The molecule has 5 nitrogen and oxygen atoms in total. The second-order valence-electron chi connectivity index (χ2n) is 3.62. The van der Waals surface area contributed by atoms with E-state index >= 15 is 0 Å². The Morgan fingerprint density at radius 3 is 2.82 bits per heavy atom. The molecule has 0 fully saturated rings. The number of carboxylic acid groups (broad SMARTS) is 1. The molecule has 17 heavy (non-hydrogen) atoms. The molecule has 0 aliphatic rings. The molecule has 0 aromatic carbocycles. The van der Waals surface area contributed by atoms with Gasteiger partial charge in [-0.2, -0.15) is 0 Å². The fourth-order valence-electron chi connectivity index (χ4n) is 1.65. The molecule has 2 aromatic heterocycles. The number of aromatic amines is 1. The van der Waals surface area contributed by atoms with Crippen molar-refractivity contribution < 1.29 is 9.90 Å². The summed E-state index contributed by atoms with van der Waals surface area (Å²) in [6.07, 6.45) is 3.12. The number of rotatable bonds is 2. The number of hydrogen-bond donors (Lipinski definition) is 2. The van der Waals surface area contributed by atoms with Gasteiger partial charge >= 0.3 is 5.97 Å². The Morgan fingerprint density at radius 1 is 1.47 bits per heavy atom. The van der Waals surface area contributed by atoms with Gasteiger partial charge in [-0.3, -0.25) is 9.78 Å². The van der Waals surface area contributed by atoms with E-state index in [2.05, 4.69) is 9.97 Å². The molecular weight excluding hydrogens is 220 g/mol. The molecule has 0 saturated heterocycles. The smallest absolute Gasteiger partial charge is 0.341 e. The van der Waals surface area contributed by atoms with E-state index in [1.54, 1.807) is 31.3 Å². The van der Waals surface area contributed by atoms with Crippen molar-refractivity contribution in [3.63, 3.8) is 0 Å². The van der Waals surface area contributed by atoms with Gasteiger partial charge in [0.05, 0.1) is 0 Å². The summed E-state index contributed by atoms with van der Waals surface area (Å²) in [6.45, 7) is 1.70. The maximum Gasteiger partial charge on any atom is 0.341 e. The van der Waals surface area contributed by atoms with Crippen molar-refractivity contribution in [2.24, 2.45) is 0 Å². The third-order valence-corrected chi connectivity index (χ3v) is 2.35. The van der Waals surface area contributed by atoms with Crippen molar-refractivity contribution >= 4 is 5.97 Å². The van der Waals surface area contributed by atoms with Crippen molar-refractivity contribution in [1.29, 1.82) is 0 Å². The van der Waals surface area contributed by atoms with Crippen LogP contribution < -0.4 is 5.56 Å². The summed E-state index contributed by atoms with van der Waals surface area (Å²) in [6, 6.07) is 5.03. The van der Waals surface area contributed by atoms with Gasteiger partial charge in [-0.15, -0.1) is 0 Å². The van der Waals surface area contributed by atoms with Crippen molar-refractivity contribution in [3.8, 4) is 11.1 Å². The molecule has 0 saturated carbocycles. The highest BCUT2D eigenvalue weighted by atomic mass is 16.4. The normalized spacial score (nSPS) is 10.2. The van der Waals surface area contributed by atoms with Gasteiger partial charge in [0.1, 0.15) is 5.56 Å².